The van der Waals surface area contributed by atoms with E-state index in [9.17, 15) is 5.11 Å². The average molecular weight is 375 g/mol. The Hall–Kier alpha value is -2.73. The molecule has 1 atom stereocenters. The lowest BCUT2D eigenvalue weighted by Crippen LogP contribution is -2.35. The van der Waals surface area contributed by atoms with Crippen molar-refractivity contribution in [2.24, 2.45) is 0 Å². The van der Waals surface area contributed by atoms with Crippen LogP contribution in [0.4, 0.5) is 5.82 Å². The van der Waals surface area contributed by atoms with Crippen LogP contribution >= 0.6 is 0 Å². The van der Waals surface area contributed by atoms with Gasteiger partial charge in [0, 0.05) is 23.4 Å². The quantitative estimate of drug-likeness (QED) is 0.758. The van der Waals surface area contributed by atoms with E-state index in [1.165, 1.54) is 11.3 Å². The van der Waals surface area contributed by atoms with Crippen LogP contribution in [-0.4, -0.2) is 31.4 Å². The van der Waals surface area contributed by atoms with E-state index in [1.807, 2.05) is 35.9 Å². The Morgan fingerprint density at radius 1 is 1.11 bits per heavy atom. The first-order valence-corrected chi connectivity index (χ1v) is 10.2. The SMILES string of the molecule is CC[C@H](O)c1cc2n(n1)CCN(c1nc(-c3ccccc3)nc3c1CCC3)C2. The summed E-state index contributed by atoms with van der Waals surface area (Å²) in [6, 6.07) is 12.3. The van der Waals surface area contributed by atoms with E-state index in [2.05, 4.69) is 22.1 Å². The summed E-state index contributed by atoms with van der Waals surface area (Å²) in [5, 5.41) is 14.7. The Morgan fingerprint density at radius 2 is 1.96 bits per heavy atom. The lowest BCUT2D eigenvalue weighted by Gasteiger charge is -2.30. The van der Waals surface area contributed by atoms with Crippen molar-refractivity contribution in [3.05, 3.63) is 59.0 Å². The molecule has 0 spiro atoms. The third kappa shape index (κ3) is 2.98. The Kier molecular flexibility index (Phi) is 4.36. The van der Waals surface area contributed by atoms with Crippen molar-refractivity contribution in [2.45, 2.75) is 51.8 Å². The van der Waals surface area contributed by atoms with Gasteiger partial charge in [-0.25, -0.2) is 9.97 Å². The van der Waals surface area contributed by atoms with Gasteiger partial charge < -0.3 is 10.0 Å². The molecule has 1 aliphatic carbocycles. The number of hydrogen-bond acceptors (Lipinski definition) is 5. The van der Waals surface area contributed by atoms with Gasteiger partial charge in [-0.1, -0.05) is 37.3 Å². The van der Waals surface area contributed by atoms with E-state index in [4.69, 9.17) is 9.97 Å². The van der Waals surface area contributed by atoms with E-state index >= 15 is 0 Å². The number of benzene rings is 1. The molecule has 0 radical (unpaired) electrons. The summed E-state index contributed by atoms with van der Waals surface area (Å²) >= 11 is 0. The zero-order valence-electron chi connectivity index (χ0n) is 16.2. The van der Waals surface area contributed by atoms with E-state index in [0.29, 0.717) is 6.42 Å². The van der Waals surface area contributed by atoms with Crippen LogP contribution in [0.2, 0.25) is 0 Å². The van der Waals surface area contributed by atoms with Crippen molar-refractivity contribution in [3.63, 3.8) is 0 Å². The molecular formula is C22H25N5O. The lowest BCUT2D eigenvalue weighted by molar-refractivity contribution is 0.168. The number of fused-ring (bicyclic) bond motifs is 2. The minimum atomic E-state index is -0.487. The molecule has 0 unspecified atom stereocenters. The molecule has 0 saturated heterocycles. The number of rotatable bonds is 4. The van der Waals surface area contributed by atoms with Crippen LogP contribution in [-0.2, 0) is 25.9 Å². The highest BCUT2D eigenvalue weighted by atomic mass is 16.3. The number of anilines is 1. The van der Waals surface area contributed by atoms with Crippen molar-refractivity contribution in [3.8, 4) is 11.4 Å². The molecule has 2 aromatic heterocycles. The number of aromatic nitrogens is 4. The second-order valence-corrected chi connectivity index (χ2v) is 7.64. The predicted molar refractivity (Wildman–Crippen MR) is 108 cm³/mol. The third-order valence-electron chi connectivity index (χ3n) is 5.79. The van der Waals surface area contributed by atoms with Crippen molar-refractivity contribution in [1.29, 1.82) is 0 Å². The molecule has 0 bridgehead atoms. The number of nitrogens with zero attached hydrogens (tertiary/aromatic N) is 5. The summed E-state index contributed by atoms with van der Waals surface area (Å²) in [4.78, 5) is 12.2. The van der Waals surface area contributed by atoms with Crippen LogP contribution in [0.3, 0.4) is 0 Å². The first kappa shape index (κ1) is 17.4. The second kappa shape index (κ2) is 7.02. The van der Waals surface area contributed by atoms with Crippen LogP contribution in [0.15, 0.2) is 36.4 Å². The van der Waals surface area contributed by atoms with Gasteiger partial charge in [-0.3, -0.25) is 4.68 Å². The number of aliphatic hydroxyl groups is 1. The smallest absolute Gasteiger partial charge is 0.161 e. The third-order valence-corrected chi connectivity index (χ3v) is 5.79. The standard InChI is InChI=1S/C22H25N5O/c1-2-20(28)19-13-16-14-26(11-12-27(16)25-19)22-17-9-6-10-18(17)23-21(24-22)15-7-4-3-5-8-15/h3-5,7-8,13,20,28H,2,6,9-12,14H2,1H3/t20-/m0/s1. The maximum absolute atomic E-state index is 10.1. The molecular weight excluding hydrogens is 350 g/mol. The summed E-state index contributed by atoms with van der Waals surface area (Å²) in [5.74, 6) is 1.89. The Balaban J connectivity index is 1.51. The normalized spacial score (nSPS) is 16.7. The van der Waals surface area contributed by atoms with Gasteiger partial charge in [-0.2, -0.15) is 5.10 Å². The van der Waals surface area contributed by atoms with Crippen LogP contribution in [0, 0.1) is 0 Å². The molecule has 1 N–H and O–H groups in total. The Bertz CT molecular complexity index is 998. The molecule has 1 aliphatic heterocycles. The first-order valence-electron chi connectivity index (χ1n) is 10.2. The van der Waals surface area contributed by atoms with Gasteiger partial charge in [0.2, 0.25) is 0 Å². The molecule has 1 aromatic carbocycles. The zero-order valence-corrected chi connectivity index (χ0v) is 16.2. The van der Waals surface area contributed by atoms with Gasteiger partial charge >= 0.3 is 0 Å². The van der Waals surface area contributed by atoms with Crippen molar-refractivity contribution >= 4 is 5.82 Å². The van der Waals surface area contributed by atoms with Gasteiger partial charge in [-0.05, 0) is 31.7 Å². The van der Waals surface area contributed by atoms with E-state index in [-0.39, 0.29) is 0 Å². The van der Waals surface area contributed by atoms with Crippen molar-refractivity contribution in [1.82, 2.24) is 19.7 Å². The molecule has 28 heavy (non-hydrogen) atoms. The van der Waals surface area contributed by atoms with Crippen LogP contribution in [0.25, 0.3) is 11.4 Å². The molecule has 0 saturated carbocycles. The second-order valence-electron chi connectivity index (χ2n) is 7.64. The highest BCUT2D eigenvalue weighted by Gasteiger charge is 2.27. The Morgan fingerprint density at radius 3 is 2.79 bits per heavy atom. The Labute approximate surface area is 164 Å². The van der Waals surface area contributed by atoms with E-state index in [0.717, 1.165) is 67.5 Å². The van der Waals surface area contributed by atoms with Crippen LogP contribution < -0.4 is 4.90 Å². The predicted octanol–water partition coefficient (Wildman–Crippen LogP) is 3.29. The molecule has 6 nitrogen and oxygen atoms in total. The fraction of sp³-hybridized carbons (Fsp3) is 0.409. The van der Waals surface area contributed by atoms with Crippen molar-refractivity contribution in [2.75, 3.05) is 11.4 Å². The summed E-state index contributed by atoms with van der Waals surface area (Å²) in [6.07, 6.45) is 3.42. The largest absolute Gasteiger partial charge is 0.387 e. The molecule has 0 fully saturated rings. The van der Waals surface area contributed by atoms with Crippen LogP contribution in [0.1, 0.15) is 48.5 Å². The lowest BCUT2D eigenvalue weighted by atomic mass is 10.1. The van der Waals surface area contributed by atoms with E-state index in [1.54, 1.807) is 0 Å². The minimum absolute atomic E-state index is 0.487. The highest BCUT2D eigenvalue weighted by molar-refractivity contribution is 5.61. The maximum Gasteiger partial charge on any atom is 0.161 e. The van der Waals surface area contributed by atoms with Crippen LogP contribution in [0.5, 0.6) is 0 Å². The van der Waals surface area contributed by atoms with Gasteiger partial charge in [0.15, 0.2) is 5.82 Å². The minimum Gasteiger partial charge on any atom is -0.387 e. The average Bonchev–Trinajstić information content (AvgIpc) is 3.39. The number of aryl methyl sites for hydroxylation is 1. The fourth-order valence-corrected chi connectivity index (χ4v) is 4.23. The molecule has 2 aliphatic rings. The van der Waals surface area contributed by atoms with Gasteiger partial charge in [0.25, 0.3) is 0 Å². The molecule has 3 aromatic rings. The molecule has 144 valence electrons. The van der Waals surface area contributed by atoms with Crippen molar-refractivity contribution < 1.29 is 5.11 Å². The summed E-state index contributed by atoms with van der Waals surface area (Å²) in [7, 11) is 0. The molecule has 6 heteroatoms. The monoisotopic (exact) mass is 375 g/mol. The zero-order chi connectivity index (χ0) is 19.1. The topological polar surface area (TPSA) is 67.1 Å². The highest BCUT2D eigenvalue weighted by Crippen LogP contribution is 2.33. The van der Waals surface area contributed by atoms with Gasteiger partial charge in [-0.15, -0.1) is 0 Å². The molecule has 5 rings (SSSR count). The number of hydrogen-bond donors (Lipinski definition) is 1. The number of aliphatic hydroxyl groups excluding tert-OH is 1. The maximum atomic E-state index is 10.1. The molecule has 3 heterocycles. The molecule has 0 amide bonds. The fourth-order valence-electron chi connectivity index (χ4n) is 4.23. The van der Waals surface area contributed by atoms with Gasteiger partial charge in [0.05, 0.1) is 30.6 Å². The van der Waals surface area contributed by atoms with Gasteiger partial charge in [0.1, 0.15) is 5.82 Å². The van der Waals surface area contributed by atoms with E-state index < -0.39 is 6.10 Å². The summed E-state index contributed by atoms with van der Waals surface area (Å²) in [6.45, 7) is 4.42. The summed E-state index contributed by atoms with van der Waals surface area (Å²) in [5.41, 5.74) is 5.48. The first-order chi connectivity index (χ1) is 13.7. The summed E-state index contributed by atoms with van der Waals surface area (Å²) < 4.78 is 2.03.